The van der Waals surface area contributed by atoms with E-state index in [1.807, 2.05) is 0 Å². The summed E-state index contributed by atoms with van der Waals surface area (Å²) >= 11 is 3.57. The second kappa shape index (κ2) is 3.34. The van der Waals surface area contributed by atoms with E-state index in [0.29, 0.717) is 11.3 Å². The summed E-state index contributed by atoms with van der Waals surface area (Å²) in [6.45, 7) is -8.79. The Morgan fingerprint density at radius 1 is 1.67 bits per heavy atom. The molecule has 0 spiro atoms. The van der Waals surface area contributed by atoms with Gasteiger partial charge in [-0.2, -0.15) is 0 Å². The Balaban J connectivity index is 2.68. The van der Waals surface area contributed by atoms with E-state index in [-0.39, 0.29) is 8.69 Å². The third kappa shape index (κ3) is 1.50. The van der Waals surface area contributed by atoms with Gasteiger partial charge >= 0.3 is 0 Å². The second-order valence-electron chi connectivity index (χ2n) is 1.93. The Kier molecular flexibility index (Phi) is 0.690. The molecule has 2 heterocycles. The van der Waals surface area contributed by atoms with Gasteiger partial charge in [0.1, 0.15) is 0 Å². The van der Waals surface area contributed by atoms with Gasteiger partial charge in [-0.3, -0.25) is 0 Å². The molecule has 1 fully saturated rings. The zero-order valence-electron chi connectivity index (χ0n) is 16.7. The Bertz CT molecular complexity index is 610. The summed E-state index contributed by atoms with van der Waals surface area (Å²) in [5.74, 6) is 0. The summed E-state index contributed by atoms with van der Waals surface area (Å²) in [4.78, 5) is 3.95. The number of aryl methyl sites for hydroxylation is 1. The van der Waals surface area contributed by atoms with E-state index >= 15 is 0 Å². The van der Waals surface area contributed by atoms with Gasteiger partial charge in [-0.15, -0.1) is 0 Å². The van der Waals surface area contributed by atoms with Gasteiger partial charge in [0.2, 0.25) is 0 Å². The van der Waals surface area contributed by atoms with Crippen LogP contribution in [0.5, 0.6) is 0 Å². The first-order valence-electron chi connectivity index (χ1n) is 8.47. The first kappa shape index (κ1) is 2.48. The summed E-state index contributed by atoms with van der Waals surface area (Å²) in [7, 11) is 0. The van der Waals surface area contributed by atoms with Gasteiger partial charge in [-0.25, -0.2) is 4.98 Å². The van der Waals surface area contributed by atoms with E-state index in [1.165, 1.54) is 0 Å². The molecule has 1 aliphatic rings. The topological polar surface area (TPSA) is 16.1 Å². The lowest BCUT2D eigenvalue weighted by molar-refractivity contribution is 0.949. The molecular weight excluding hydrogens is 236 g/mol. The highest BCUT2D eigenvalue weighted by molar-refractivity contribution is 9.11. The first-order valence-corrected chi connectivity index (χ1v) is 4.57. The van der Waals surface area contributed by atoms with Crippen molar-refractivity contribution in [1.82, 2.24) is 4.98 Å². The monoisotopic (exact) mass is 257 g/mol. The van der Waals surface area contributed by atoms with Crippen molar-refractivity contribution in [2.75, 3.05) is 17.9 Å². The standard InChI is InChI=1S/C8H11BrN2S/c1-6-7(9)12-8(10-6)11-4-2-3-5-11/h2-5H2,1H3/i1D3,2D2,3D2,4D2,5D2. The van der Waals surface area contributed by atoms with E-state index in [0.717, 1.165) is 0 Å². The van der Waals surface area contributed by atoms with Gasteiger partial charge in [0, 0.05) is 28.1 Å². The average molecular weight is 258 g/mol. The number of nitrogens with zero attached hydrogens (tertiary/aromatic N) is 2. The van der Waals surface area contributed by atoms with Gasteiger partial charge in [0.25, 0.3) is 0 Å². The van der Waals surface area contributed by atoms with Crippen LogP contribution in [0.3, 0.4) is 0 Å². The third-order valence-electron chi connectivity index (χ3n) is 1.16. The van der Waals surface area contributed by atoms with Crippen LogP contribution in [0.4, 0.5) is 5.13 Å². The number of aromatic nitrogens is 1. The first-order chi connectivity index (χ1) is 9.99. The molecule has 0 radical (unpaired) electrons. The maximum Gasteiger partial charge on any atom is 0.186 e. The van der Waals surface area contributed by atoms with Gasteiger partial charge in [-0.1, -0.05) is 11.3 Å². The Hall–Kier alpha value is -0.0900. The molecule has 1 aliphatic heterocycles. The predicted molar refractivity (Wildman–Crippen MR) is 56.0 cm³/mol. The number of anilines is 1. The largest absolute Gasteiger partial charge is 0.348 e. The minimum absolute atomic E-state index is 0.0205. The van der Waals surface area contributed by atoms with Gasteiger partial charge in [0.05, 0.1) is 9.48 Å². The van der Waals surface area contributed by atoms with Crippen molar-refractivity contribution in [3.05, 3.63) is 9.48 Å². The van der Waals surface area contributed by atoms with E-state index < -0.39 is 43.4 Å². The van der Waals surface area contributed by atoms with Crippen LogP contribution in [0.1, 0.15) is 33.5 Å². The summed E-state index contributed by atoms with van der Waals surface area (Å²) in [6.07, 6.45) is -6.39. The van der Waals surface area contributed by atoms with Crippen molar-refractivity contribution in [2.24, 2.45) is 0 Å². The molecule has 0 atom stereocenters. The zero-order chi connectivity index (χ0) is 18.2. The molecule has 0 bridgehead atoms. The van der Waals surface area contributed by atoms with Crippen molar-refractivity contribution in [3.63, 3.8) is 0 Å². The van der Waals surface area contributed by atoms with E-state index in [2.05, 4.69) is 20.9 Å². The molecule has 0 amide bonds. The van der Waals surface area contributed by atoms with Crippen LogP contribution in [0.25, 0.3) is 0 Å². The van der Waals surface area contributed by atoms with E-state index in [4.69, 9.17) is 15.1 Å². The molecule has 0 unspecified atom stereocenters. The summed E-state index contributed by atoms with van der Waals surface area (Å²) in [6, 6.07) is 0. The van der Waals surface area contributed by atoms with Gasteiger partial charge in [0.15, 0.2) is 5.13 Å². The van der Waals surface area contributed by atoms with Crippen LogP contribution in [0, 0.1) is 6.85 Å². The smallest absolute Gasteiger partial charge is 0.186 e. The van der Waals surface area contributed by atoms with Crippen LogP contribution >= 0.6 is 27.3 Å². The van der Waals surface area contributed by atoms with E-state index in [9.17, 15) is 0 Å². The minimum atomic E-state index is -3.19. The van der Waals surface area contributed by atoms with Crippen LogP contribution in [-0.2, 0) is 0 Å². The molecule has 12 heavy (non-hydrogen) atoms. The molecule has 66 valence electrons. The van der Waals surface area contributed by atoms with Crippen molar-refractivity contribution in [2.45, 2.75) is 19.6 Å². The number of halogens is 1. The number of rotatable bonds is 1. The molecule has 0 aromatic carbocycles. The molecule has 1 aromatic rings. The molecule has 0 saturated carbocycles. The van der Waals surface area contributed by atoms with Crippen molar-refractivity contribution in [1.29, 1.82) is 0 Å². The maximum atomic E-state index is 7.88. The Morgan fingerprint density at radius 2 is 2.42 bits per heavy atom. The van der Waals surface area contributed by atoms with Crippen LogP contribution in [0.2, 0.25) is 0 Å². The second-order valence-corrected chi connectivity index (χ2v) is 4.22. The molecule has 4 heteroatoms. The fraction of sp³-hybridized carbons (Fsp3) is 0.625. The van der Waals surface area contributed by atoms with Crippen LogP contribution in [-0.4, -0.2) is 18.0 Å². The number of hydrogen-bond donors (Lipinski definition) is 0. The average Bonchev–Trinajstić information content (AvgIpc) is 2.71. The lowest BCUT2D eigenvalue weighted by Gasteiger charge is -2.11. The highest BCUT2D eigenvalue weighted by Crippen LogP contribution is 2.31. The number of hydrogen-bond acceptors (Lipinski definition) is 3. The lowest BCUT2D eigenvalue weighted by Crippen LogP contribution is -2.17. The number of thiazole rings is 1. The normalized spacial score (nSPS) is 48.8. The van der Waals surface area contributed by atoms with Crippen molar-refractivity contribution < 1.29 is 15.1 Å². The highest BCUT2D eigenvalue weighted by Gasteiger charge is 2.16. The van der Waals surface area contributed by atoms with Crippen molar-refractivity contribution in [3.8, 4) is 0 Å². The van der Waals surface area contributed by atoms with Crippen LogP contribution < -0.4 is 4.90 Å². The molecule has 1 aromatic heterocycles. The minimum Gasteiger partial charge on any atom is -0.348 e. The Labute approximate surface area is 100 Å². The molecule has 2 nitrogen and oxygen atoms in total. The molecule has 1 saturated heterocycles. The van der Waals surface area contributed by atoms with Crippen LogP contribution in [0.15, 0.2) is 3.79 Å². The fourth-order valence-electron chi connectivity index (χ4n) is 0.678. The summed E-state index contributed by atoms with van der Waals surface area (Å²) in [5.41, 5.74) is -0.419. The highest BCUT2D eigenvalue weighted by atomic mass is 79.9. The quantitative estimate of drug-likeness (QED) is 0.770. The molecule has 0 aliphatic carbocycles. The predicted octanol–water partition coefficient (Wildman–Crippen LogP) is 2.81. The molecular formula is C8H11BrN2S. The van der Waals surface area contributed by atoms with Crippen molar-refractivity contribution >= 4 is 32.4 Å². The zero-order valence-corrected chi connectivity index (χ0v) is 8.08. The SMILES string of the molecule is [2H]C([2H])([2H])c1nc(N2C([2H])([2H])C([2H])([2H])C([2H])([2H])C2([2H])[2H])sc1Br. The molecule has 0 N–H and O–H groups in total. The fourth-order valence-corrected chi connectivity index (χ4v) is 1.82. The molecule has 2 rings (SSSR count). The van der Waals surface area contributed by atoms with E-state index in [1.54, 1.807) is 0 Å². The summed E-state index contributed by atoms with van der Waals surface area (Å²) in [5, 5.41) is -0.455. The Morgan fingerprint density at radius 3 is 3.00 bits per heavy atom. The third-order valence-corrected chi connectivity index (χ3v) is 2.85. The lowest BCUT2D eigenvalue weighted by atomic mass is 10.4. The van der Waals surface area contributed by atoms with Gasteiger partial charge in [-0.05, 0) is 35.5 Å². The van der Waals surface area contributed by atoms with Gasteiger partial charge < -0.3 is 4.90 Å². The maximum absolute atomic E-state index is 7.88. The summed E-state index contributed by atoms with van der Waals surface area (Å²) < 4.78 is 84.4.